The molecule has 4 nitrogen and oxygen atoms in total. The van der Waals surface area contributed by atoms with E-state index in [2.05, 4.69) is 31.8 Å². The summed E-state index contributed by atoms with van der Waals surface area (Å²) >= 11 is 0. The van der Waals surface area contributed by atoms with E-state index in [0.29, 0.717) is 24.6 Å². The fourth-order valence-electron chi connectivity index (χ4n) is 3.77. The third-order valence-corrected chi connectivity index (χ3v) is 6.88. The Morgan fingerprint density at radius 3 is 2.54 bits per heavy atom. The van der Waals surface area contributed by atoms with Crippen molar-refractivity contribution in [2.75, 3.05) is 11.7 Å². The molecule has 2 aliphatic rings. The van der Waals surface area contributed by atoms with Crippen molar-refractivity contribution in [3.63, 3.8) is 0 Å². The summed E-state index contributed by atoms with van der Waals surface area (Å²) in [7, 11) is -1.26. The van der Waals surface area contributed by atoms with Crippen molar-refractivity contribution < 1.29 is 14.7 Å². The lowest BCUT2D eigenvalue weighted by molar-refractivity contribution is -0.153. The van der Waals surface area contributed by atoms with Gasteiger partial charge in [0.2, 0.25) is 0 Å². The minimum atomic E-state index is -1.26. The largest absolute Gasteiger partial charge is 0.464 e. The maximum absolute atomic E-state index is 13.0. The van der Waals surface area contributed by atoms with Crippen LogP contribution < -0.4 is 5.06 Å². The first-order chi connectivity index (χ1) is 11.3. The quantitative estimate of drug-likeness (QED) is 0.365. The first kappa shape index (κ1) is 17.2. The molecule has 0 spiro atoms. The molecule has 1 aromatic carbocycles. The van der Waals surface area contributed by atoms with Gasteiger partial charge in [0.1, 0.15) is 0 Å². The highest BCUT2D eigenvalue weighted by molar-refractivity contribution is 6.76. The predicted octanol–water partition coefficient (Wildman–Crippen LogP) is 4.10. The molecule has 1 fully saturated rings. The molecule has 5 heteroatoms. The summed E-state index contributed by atoms with van der Waals surface area (Å²) in [5, 5.41) is 12.1. The fourth-order valence-corrected chi connectivity index (χ4v) is 4.48. The van der Waals surface area contributed by atoms with Gasteiger partial charge in [-0.05, 0) is 36.9 Å². The molecule has 0 amide bonds. The molecule has 0 heterocycles. The average molecular weight is 346 g/mol. The number of benzene rings is 1. The third-order valence-electron chi connectivity index (χ3n) is 5.18. The van der Waals surface area contributed by atoms with E-state index in [9.17, 15) is 10.0 Å². The predicted molar refractivity (Wildman–Crippen MR) is 97.9 cm³/mol. The molecule has 0 aromatic heterocycles. The van der Waals surface area contributed by atoms with E-state index in [1.165, 1.54) is 0 Å². The molecular formula is C19H27NO3Si. The number of carbonyl (C=O) groups is 1. The first-order valence-electron chi connectivity index (χ1n) is 8.73. The van der Waals surface area contributed by atoms with Crippen LogP contribution >= 0.6 is 0 Å². The van der Waals surface area contributed by atoms with Crippen molar-refractivity contribution in [2.24, 2.45) is 11.8 Å². The Hall–Kier alpha value is -1.59. The van der Waals surface area contributed by atoms with E-state index >= 15 is 0 Å². The number of hydroxylamine groups is 1. The molecule has 3 rings (SSSR count). The minimum Gasteiger partial charge on any atom is -0.464 e. The van der Waals surface area contributed by atoms with E-state index in [1.807, 2.05) is 30.3 Å². The van der Waals surface area contributed by atoms with Crippen LogP contribution in [0.15, 0.2) is 42.5 Å². The molecule has 2 aliphatic carbocycles. The van der Waals surface area contributed by atoms with Crippen molar-refractivity contribution in [3.8, 4) is 0 Å². The standard InChI is InChI=1S/C19H27NO3Si/c1-24(2,3)12-11-23-18(21)19(14-15-9-10-16(19)13-15)20(22)17-7-5-4-6-8-17/h4-10,15-16,22H,11-14H2,1-3H3/t15-,16+,19+/m0/s1. The second kappa shape index (κ2) is 6.37. The number of allylic oxidation sites excluding steroid dienone is 1. The van der Waals surface area contributed by atoms with E-state index in [0.717, 1.165) is 17.5 Å². The van der Waals surface area contributed by atoms with E-state index in [4.69, 9.17) is 4.74 Å². The van der Waals surface area contributed by atoms with Gasteiger partial charge in [-0.2, -0.15) is 0 Å². The maximum Gasteiger partial charge on any atom is 0.335 e. The van der Waals surface area contributed by atoms with Crippen molar-refractivity contribution in [1.29, 1.82) is 0 Å². The molecule has 0 unspecified atom stereocenters. The molecule has 1 aromatic rings. The number of esters is 1. The zero-order valence-corrected chi connectivity index (χ0v) is 15.7. The van der Waals surface area contributed by atoms with Gasteiger partial charge in [0.15, 0.2) is 5.54 Å². The van der Waals surface area contributed by atoms with E-state index < -0.39 is 13.6 Å². The van der Waals surface area contributed by atoms with Gasteiger partial charge in [0.05, 0.1) is 12.3 Å². The number of nitrogens with zero attached hydrogens (tertiary/aromatic N) is 1. The van der Waals surface area contributed by atoms with Gasteiger partial charge in [0.25, 0.3) is 0 Å². The maximum atomic E-state index is 13.0. The Labute approximate surface area is 145 Å². The molecule has 1 N–H and O–H groups in total. The van der Waals surface area contributed by atoms with Gasteiger partial charge in [-0.25, -0.2) is 9.86 Å². The normalized spacial score (nSPS) is 28.2. The summed E-state index contributed by atoms with van der Waals surface area (Å²) < 4.78 is 5.66. The van der Waals surface area contributed by atoms with Gasteiger partial charge in [-0.1, -0.05) is 50.0 Å². The van der Waals surface area contributed by atoms with Gasteiger partial charge in [0, 0.05) is 14.0 Å². The van der Waals surface area contributed by atoms with Gasteiger partial charge in [-0.3, -0.25) is 5.21 Å². The fraction of sp³-hybridized carbons (Fsp3) is 0.526. The summed E-state index contributed by atoms with van der Waals surface area (Å²) in [6.07, 6.45) is 5.76. The van der Waals surface area contributed by atoms with Crippen LogP contribution in [0.3, 0.4) is 0 Å². The monoisotopic (exact) mass is 345 g/mol. The summed E-state index contributed by atoms with van der Waals surface area (Å²) in [4.78, 5) is 13.0. The number of hydrogen-bond acceptors (Lipinski definition) is 4. The number of carbonyl (C=O) groups excluding carboxylic acids is 1. The Bertz CT molecular complexity index is 625. The second-order valence-electron chi connectivity index (χ2n) is 8.21. The van der Waals surface area contributed by atoms with E-state index in [1.54, 1.807) is 0 Å². The Balaban J connectivity index is 1.82. The van der Waals surface area contributed by atoms with Crippen LogP contribution in [0.25, 0.3) is 0 Å². The second-order valence-corrected chi connectivity index (χ2v) is 13.8. The topological polar surface area (TPSA) is 49.8 Å². The lowest BCUT2D eigenvalue weighted by atomic mass is 9.83. The summed E-state index contributed by atoms with van der Waals surface area (Å²) in [5.41, 5.74) is -0.346. The van der Waals surface area contributed by atoms with Crippen molar-refractivity contribution in [1.82, 2.24) is 0 Å². The van der Waals surface area contributed by atoms with Crippen LogP contribution in [-0.2, 0) is 9.53 Å². The molecule has 1 saturated carbocycles. The van der Waals surface area contributed by atoms with Crippen LogP contribution in [0, 0.1) is 11.8 Å². The Kier molecular flexibility index (Phi) is 4.58. The highest BCUT2D eigenvalue weighted by Gasteiger charge is 2.58. The highest BCUT2D eigenvalue weighted by atomic mass is 28.3. The molecule has 130 valence electrons. The highest BCUT2D eigenvalue weighted by Crippen LogP contribution is 2.50. The number of anilines is 1. The summed E-state index contributed by atoms with van der Waals surface area (Å²) in [5.74, 6) is 0.0638. The van der Waals surface area contributed by atoms with Crippen molar-refractivity contribution >= 4 is 19.7 Å². The number of fused-ring (bicyclic) bond motifs is 2. The smallest absolute Gasteiger partial charge is 0.335 e. The zero-order chi connectivity index (χ0) is 17.4. The Morgan fingerprint density at radius 2 is 2.00 bits per heavy atom. The number of ether oxygens (including phenoxy) is 1. The Morgan fingerprint density at radius 1 is 1.29 bits per heavy atom. The van der Waals surface area contributed by atoms with Crippen molar-refractivity contribution in [2.45, 2.75) is 44.1 Å². The van der Waals surface area contributed by atoms with Gasteiger partial charge >= 0.3 is 5.97 Å². The molecule has 0 saturated heterocycles. The minimum absolute atomic E-state index is 0.00656. The molecule has 24 heavy (non-hydrogen) atoms. The van der Waals surface area contributed by atoms with Crippen LogP contribution in [0.4, 0.5) is 5.69 Å². The molecule has 3 atom stereocenters. The first-order valence-corrected chi connectivity index (χ1v) is 12.4. The van der Waals surface area contributed by atoms with Crippen LogP contribution in [-0.4, -0.2) is 31.4 Å². The lowest BCUT2D eigenvalue weighted by Gasteiger charge is -2.40. The van der Waals surface area contributed by atoms with Crippen molar-refractivity contribution in [3.05, 3.63) is 42.5 Å². The summed E-state index contributed by atoms with van der Waals surface area (Å²) in [6, 6.07) is 10.2. The third kappa shape index (κ3) is 3.15. The SMILES string of the molecule is C[Si](C)(C)CCOC(=O)[C@@]1(N(O)c2ccccc2)C[C@H]2C=C[C@@H]1C2. The molecule has 2 bridgehead atoms. The van der Waals surface area contributed by atoms with E-state index in [-0.39, 0.29) is 11.9 Å². The van der Waals surface area contributed by atoms with Crippen LogP contribution in [0.1, 0.15) is 12.8 Å². The van der Waals surface area contributed by atoms with Crippen LogP contribution in [0.5, 0.6) is 0 Å². The summed E-state index contributed by atoms with van der Waals surface area (Å²) in [6.45, 7) is 7.23. The number of hydrogen-bond donors (Lipinski definition) is 1. The average Bonchev–Trinajstić information content (AvgIpc) is 3.15. The number of rotatable bonds is 6. The van der Waals surface area contributed by atoms with Gasteiger partial charge < -0.3 is 4.74 Å². The van der Waals surface area contributed by atoms with Crippen LogP contribution in [0.2, 0.25) is 25.7 Å². The zero-order valence-electron chi connectivity index (χ0n) is 14.7. The molecular weight excluding hydrogens is 318 g/mol. The number of para-hydroxylation sites is 1. The van der Waals surface area contributed by atoms with Gasteiger partial charge in [-0.15, -0.1) is 0 Å². The molecule has 0 aliphatic heterocycles. The molecule has 0 radical (unpaired) electrons. The lowest BCUT2D eigenvalue weighted by Crippen LogP contribution is -2.57.